The molecule has 0 atom stereocenters. The van der Waals surface area contributed by atoms with Gasteiger partial charge in [-0.05, 0) is 19.4 Å². The number of rotatable bonds is 6. The molecule has 0 saturated carbocycles. The van der Waals surface area contributed by atoms with Gasteiger partial charge in [0.05, 0.1) is 17.1 Å². The van der Waals surface area contributed by atoms with Crippen molar-refractivity contribution in [1.29, 1.82) is 0 Å². The molecule has 0 aliphatic heterocycles. The second-order valence-electron chi connectivity index (χ2n) is 3.75. The fourth-order valence-electron chi connectivity index (χ4n) is 1.55. The summed E-state index contributed by atoms with van der Waals surface area (Å²) in [5.74, 6) is -0.851. The van der Waals surface area contributed by atoms with Crippen molar-refractivity contribution in [2.24, 2.45) is 0 Å². The summed E-state index contributed by atoms with van der Waals surface area (Å²) in [4.78, 5) is 10.5. The van der Waals surface area contributed by atoms with Crippen LogP contribution >= 0.6 is 23.1 Å². The highest BCUT2D eigenvalue weighted by molar-refractivity contribution is 8.01. The number of thioether (sulfide) groups is 1. The normalized spacial score (nSPS) is 10.8. The van der Waals surface area contributed by atoms with Gasteiger partial charge in [0.1, 0.15) is 0 Å². The van der Waals surface area contributed by atoms with E-state index in [9.17, 15) is 4.79 Å². The molecule has 2 rings (SSSR count). The first-order valence-corrected chi connectivity index (χ1v) is 7.69. The van der Waals surface area contributed by atoms with Crippen LogP contribution in [0.3, 0.4) is 0 Å². The average Bonchev–Trinajstić information content (AvgIpc) is 3.02. The smallest absolute Gasteiger partial charge is 0.313 e. The highest BCUT2D eigenvalue weighted by atomic mass is 32.2. The van der Waals surface area contributed by atoms with Gasteiger partial charge >= 0.3 is 5.97 Å². The number of nitrogens with zero attached hydrogens (tertiary/aromatic N) is 4. The minimum atomic E-state index is -0.853. The minimum absolute atomic E-state index is 0.00187. The van der Waals surface area contributed by atoms with E-state index >= 15 is 0 Å². The number of aromatic nitrogens is 4. The zero-order valence-electron chi connectivity index (χ0n) is 10.7. The quantitative estimate of drug-likeness (QED) is 0.823. The molecule has 8 heteroatoms. The summed E-state index contributed by atoms with van der Waals surface area (Å²) >= 11 is 2.58. The summed E-state index contributed by atoms with van der Waals surface area (Å²) in [5, 5.41) is 22.0. The minimum Gasteiger partial charge on any atom is -0.481 e. The summed E-state index contributed by atoms with van der Waals surface area (Å²) in [5.41, 5.74) is 1.96. The molecule has 2 aromatic heterocycles. The highest BCUT2D eigenvalue weighted by Gasteiger charge is 2.14. The lowest BCUT2D eigenvalue weighted by Gasteiger charge is -1.98. The van der Waals surface area contributed by atoms with Crippen LogP contribution in [0.2, 0.25) is 0 Å². The molecular formula is C11H14N4O2S2. The van der Waals surface area contributed by atoms with E-state index in [0.717, 1.165) is 29.4 Å². The van der Waals surface area contributed by atoms with Crippen LogP contribution in [-0.4, -0.2) is 36.8 Å². The highest BCUT2D eigenvalue weighted by Crippen LogP contribution is 2.29. The summed E-state index contributed by atoms with van der Waals surface area (Å²) in [6.45, 7) is 4.85. The molecule has 6 nitrogen and oxygen atoms in total. The van der Waals surface area contributed by atoms with Gasteiger partial charge in [-0.3, -0.25) is 9.48 Å². The molecule has 0 bridgehead atoms. The number of carbonyl (C=O) groups is 1. The predicted octanol–water partition coefficient (Wildman–Crippen LogP) is 2.16. The van der Waals surface area contributed by atoms with Crippen molar-refractivity contribution in [3.8, 4) is 10.7 Å². The molecule has 0 aliphatic carbocycles. The van der Waals surface area contributed by atoms with Crippen LogP contribution in [0.25, 0.3) is 10.7 Å². The van der Waals surface area contributed by atoms with Gasteiger partial charge in [-0.25, -0.2) is 0 Å². The Bertz CT molecular complexity index is 579. The number of aliphatic carboxylic acids is 1. The Morgan fingerprint density at radius 3 is 2.89 bits per heavy atom. The Morgan fingerprint density at radius 1 is 1.47 bits per heavy atom. The van der Waals surface area contributed by atoms with E-state index in [1.54, 1.807) is 0 Å². The number of carboxylic acids is 1. The Balaban J connectivity index is 2.22. The Morgan fingerprint density at radius 2 is 2.26 bits per heavy atom. The van der Waals surface area contributed by atoms with Gasteiger partial charge in [-0.2, -0.15) is 5.10 Å². The third-order valence-corrected chi connectivity index (χ3v) is 4.50. The number of aryl methyl sites for hydroxylation is 2. The van der Waals surface area contributed by atoms with Gasteiger partial charge in [0.15, 0.2) is 9.35 Å². The maximum Gasteiger partial charge on any atom is 0.313 e. The van der Waals surface area contributed by atoms with E-state index in [4.69, 9.17) is 5.11 Å². The maximum absolute atomic E-state index is 10.5. The lowest BCUT2D eigenvalue weighted by atomic mass is 10.3. The van der Waals surface area contributed by atoms with Crippen molar-refractivity contribution < 1.29 is 9.90 Å². The van der Waals surface area contributed by atoms with Crippen LogP contribution < -0.4 is 0 Å². The van der Waals surface area contributed by atoms with Crippen molar-refractivity contribution in [3.63, 3.8) is 0 Å². The summed E-state index contributed by atoms with van der Waals surface area (Å²) in [6, 6.07) is 2.01. The molecule has 0 radical (unpaired) electrons. The number of hydrogen-bond donors (Lipinski definition) is 1. The third kappa shape index (κ3) is 3.32. The number of carboxylic acid groups (broad SMARTS) is 1. The van der Waals surface area contributed by atoms with Crippen LogP contribution in [0.1, 0.15) is 19.5 Å². The molecule has 2 heterocycles. The molecule has 19 heavy (non-hydrogen) atoms. The fraction of sp³-hybridized carbons (Fsp3) is 0.455. The predicted molar refractivity (Wildman–Crippen MR) is 74.5 cm³/mol. The maximum atomic E-state index is 10.5. The summed E-state index contributed by atoms with van der Waals surface area (Å²) in [6.07, 6.45) is 0.874. The van der Waals surface area contributed by atoms with Gasteiger partial charge in [-0.15, -0.1) is 10.2 Å². The molecule has 0 fully saturated rings. The molecule has 102 valence electrons. The average molecular weight is 298 g/mol. The van der Waals surface area contributed by atoms with Crippen molar-refractivity contribution in [3.05, 3.63) is 11.8 Å². The third-order valence-electron chi connectivity index (χ3n) is 2.44. The van der Waals surface area contributed by atoms with E-state index in [-0.39, 0.29) is 5.75 Å². The van der Waals surface area contributed by atoms with E-state index in [1.807, 2.05) is 17.7 Å². The van der Waals surface area contributed by atoms with E-state index in [2.05, 4.69) is 22.2 Å². The lowest BCUT2D eigenvalue weighted by molar-refractivity contribution is -0.133. The first-order chi connectivity index (χ1) is 9.13. The van der Waals surface area contributed by atoms with E-state index in [1.165, 1.54) is 23.1 Å². The molecular weight excluding hydrogens is 284 g/mol. The second-order valence-corrected chi connectivity index (χ2v) is 5.95. The summed E-state index contributed by atoms with van der Waals surface area (Å²) in [7, 11) is 0. The van der Waals surface area contributed by atoms with Crippen molar-refractivity contribution in [2.75, 3.05) is 5.75 Å². The second kappa shape index (κ2) is 6.16. The fourth-order valence-corrected chi connectivity index (χ4v) is 3.14. The standard InChI is InChI=1S/C11H14N4O2S2/c1-3-7-5-8(15(4-2)14-7)10-12-13-11(19-10)18-6-9(16)17/h5H,3-4,6H2,1-2H3,(H,16,17). The molecule has 0 aromatic carbocycles. The SMILES string of the molecule is CCc1cc(-c2nnc(SCC(=O)O)s2)n(CC)n1. The van der Waals surface area contributed by atoms with Crippen LogP contribution in [0.15, 0.2) is 10.4 Å². The lowest BCUT2D eigenvalue weighted by Crippen LogP contribution is -1.99. The van der Waals surface area contributed by atoms with E-state index in [0.29, 0.717) is 4.34 Å². The molecule has 2 aromatic rings. The molecule has 0 unspecified atom stereocenters. The van der Waals surface area contributed by atoms with Gasteiger partial charge in [0.25, 0.3) is 0 Å². The first-order valence-electron chi connectivity index (χ1n) is 5.89. The van der Waals surface area contributed by atoms with Crippen LogP contribution in [0.5, 0.6) is 0 Å². The molecule has 0 aliphatic rings. The van der Waals surface area contributed by atoms with Crippen LogP contribution in [0.4, 0.5) is 0 Å². The molecule has 0 spiro atoms. The summed E-state index contributed by atoms with van der Waals surface area (Å²) < 4.78 is 2.56. The Kier molecular flexibility index (Phi) is 4.54. The van der Waals surface area contributed by atoms with Crippen LogP contribution in [0, 0.1) is 0 Å². The van der Waals surface area contributed by atoms with Crippen molar-refractivity contribution in [1.82, 2.24) is 20.0 Å². The molecule has 1 N–H and O–H groups in total. The monoisotopic (exact) mass is 298 g/mol. The van der Waals surface area contributed by atoms with Gasteiger partial charge in [0, 0.05) is 6.54 Å². The topological polar surface area (TPSA) is 80.9 Å². The Labute approximate surface area is 118 Å². The van der Waals surface area contributed by atoms with Gasteiger partial charge in [0.2, 0.25) is 0 Å². The number of hydrogen-bond acceptors (Lipinski definition) is 6. The van der Waals surface area contributed by atoms with E-state index < -0.39 is 5.97 Å². The zero-order valence-corrected chi connectivity index (χ0v) is 12.3. The largest absolute Gasteiger partial charge is 0.481 e. The first kappa shape index (κ1) is 14.0. The van der Waals surface area contributed by atoms with Crippen LogP contribution in [-0.2, 0) is 17.8 Å². The van der Waals surface area contributed by atoms with Gasteiger partial charge in [-0.1, -0.05) is 30.0 Å². The molecule has 0 saturated heterocycles. The zero-order chi connectivity index (χ0) is 13.8. The Hall–Kier alpha value is -1.41. The molecule has 0 amide bonds. The van der Waals surface area contributed by atoms with Crippen molar-refractivity contribution >= 4 is 29.1 Å². The van der Waals surface area contributed by atoms with Gasteiger partial charge < -0.3 is 5.11 Å². The van der Waals surface area contributed by atoms with Crippen molar-refractivity contribution in [2.45, 2.75) is 31.2 Å².